The molecule has 0 fully saturated rings. The molecule has 0 spiro atoms. The van der Waals surface area contributed by atoms with E-state index < -0.39 is 5.97 Å². The van der Waals surface area contributed by atoms with E-state index in [1.165, 1.54) is 11.3 Å². The molecule has 0 saturated heterocycles. The van der Waals surface area contributed by atoms with E-state index in [1.807, 2.05) is 19.1 Å². The van der Waals surface area contributed by atoms with Gasteiger partial charge in [-0.05, 0) is 25.0 Å². The minimum Gasteiger partial charge on any atom is -0.481 e. The molecule has 19 heavy (non-hydrogen) atoms. The van der Waals surface area contributed by atoms with E-state index in [0.717, 1.165) is 9.21 Å². The highest BCUT2D eigenvalue weighted by atomic mass is 35.5. The van der Waals surface area contributed by atoms with Crippen molar-refractivity contribution in [2.45, 2.75) is 32.2 Å². The summed E-state index contributed by atoms with van der Waals surface area (Å²) in [5.41, 5.74) is 0. The van der Waals surface area contributed by atoms with Gasteiger partial charge in [0, 0.05) is 17.5 Å². The Bertz CT molecular complexity index is 436. The molecule has 0 bridgehead atoms. The van der Waals surface area contributed by atoms with Gasteiger partial charge in [-0.2, -0.15) is 0 Å². The number of carboxylic acids is 1. The lowest BCUT2D eigenvalue weighted by Gasteiger charge is -2.15. The molecular weight excluding hydrogens is 288 g/mol. The number of halogens is 1. The number of hydrogen-bond acceptors (Lipinski definition) is 3. The summed E-state index contributed by atoms with van der Waals surface area (Å²) in [5.74, 6) is -0.916. The molecule has 1 atom stereocenters. The zero-order chi connectivity index (χ0) is 14.3. The molecule has 106 valence electrons. The molecule has 0 saturated carbocycles. The Morgan fingerprint density at radius 1 is 1.47 bits per heavy atom. The minimum atomic E-state index is -0.916. The molecule has 5 nitrogen and oxygen atoms in total. The predicted octanol–water partition coefficient (Wildman–Crippen LogP) is 2.50. The van der Waals surface area contributed by atoms with Gasteiger partial charge in [0.2, 0.25) is 0 Å². The quantitative estimate of drug-likeness (QED) is 0.724. The number of amides is 2. The average molecular weight is 305 g/mol. The number of thiophene rings is 1. The molecule has 0 aliphatic carbocycles. The first-order chi connectivity index (χ1) is 9.01. The number of nitrogens with one attached hydrogen (secondary N) is 2. The topological polar surface area (TPSA) is 78.4 Å². The zero-order valence-corrected chi connectivity index (χ0v) is 12.2. The Hall–Kier alpha value is -1.27. The van der Waals surface area contributed by atoms with Crippen LogP contribution in [0.2, 0.25) is 4.34 Å². The van der Waals surface area contributed by atoms with E-state index in [-0.39, 0.29) is 18.5 Å². The molecule has 0 radical (unpaired) electrons. The predicted molar refractivity (Wildman–Crippen MR) is 75.9 cm³/mol. The van der Waals surface area contributed by atoms with Gasteiger partial charge in [0.05, 0.1) is 10.8 Å². The van der Waals surface area contributed by atoms with Gasteiger partial charge in [0.1, 0.15) is 0 Å². The van der Waals surface area contributed by atoms with Crippen LogP contribution in [-0.4, -0.2) is 29.7 Å². The van der Waals surface area contributed by atoms with Gasteiger partial charge in [-0.3, -0.25) is 4.79 Å². The Morgan fingerprint density at radius 2 is 2.21 bits per heavy atom. The third-order valence-electron chi connectivity index (χ3n) is 2.53. The summed E-state index contributed by atoms with van der Waals surface area (Å²) in [4.78, 5) is 23.2. The fraction of sp³-hybridized carbons (Fsp3) is 0.500. The summed E-state index contributed by atoms with van der Waals surface area (Å²) in [7, 11) is 0. The molecule has 0 aliphatic heterocycles. The molecule has 0 aliphatic rings. The first-order valence-electron chi connectivity index (χ1n) is 6.01. The lowest BCUT2D eigenvalue weighted by atomic mass is 10.1. The van der Waals surface area contributed by atoms with Crippen LogP contribution in [0.25, 0.3) is 0 Å². The number of urea groups is 1. The van der Waals surface area contributed by atoms with E-state index in [0.29, 0.717) is 19.4 Å². The third kappa shape index (κ3) is 6.45. The molecule has 2 amide bonds. The molecule has 7 heteroatoms. The number of aliphatic carboxylic acids is 1. The van der Waals surface area contributed by atoms with Gasteiger partial charge in [-0.1, -0.05) is 18.5 Å². The molecule has 3 N–H and O–H groups in total. The molecule has 0 aromatic carbocycles. The number of rotatable bonds is 7. The standard InChI is InChI=1S/C12H17ClN2O3S/c1-2-8(7-11(16)17)15-12(18)14-6-5-9-3-4-10(13)19-9/h3-4,8H,2,5-7H2,1H3,(H,16,17)(H2,14,15,18). The first kappa shape index (κ1) is 15.8. The maximum absolute atomic E-state index is 11.6. The van der Waals surface area contributed by atoms with Crippen LogP contribution in [0.5, 0.6) is 0 Å². The molecule has 1 rings (SSSR count). The largest absolute Gasteiger partial charge is 0.481 e. The number of hydrogen-bond donors (Lipinski definition) is 3. The Balaban J connectivity index is 2.25. The highest BCUT2D eigenvalue weighted by molar-refractivity contribution is 7.16. The van der Waals surface area contributed by atoms with Crippen LogP contribution in [0.3, 0.4) is 0 Å². The van der Waals surface area contributed by atoms with Crippen molar-refractivity contribution in [1.29, 1.82) is 0 Å². The maximum Gasteiger partial charge on any atom is 0.315 e. The molecule has 1 aromatic rings. The monoisotopic (exact) mass is 304 g/mol. The van der Waals surface area contributed by atoms with Crippen molar-refractivity contribution in [2.24, 2.45) is 0 Å². The van der Waals surface area contributed by atoms with Gasteiger partial charge in [-0.15, -0.1) is 11.3 Å². The summed E-state index contributed by atoms with van der Waals surface area (Å²) in [6, 6.07) is 3.07. The Labute approximate surface area is 121 Å². The summed E-state index contributed by atoms with van der Waals surface area (Å²) in [5, 5.41) is 14.0. The fourth-order valence-electron chi connectivity index (χ4n) is 1.53. The van der Waals surface area contributed by atoms with E-state index in [9.17, 15) is 9.59 Å². The van der Waals surface area contributed by atoms with Crippen molar-refractivity contribution in [2.75, 3.05) is 6.54 Å². The second-order valence-corrected chi connectivity index (χ2v) is 5.86. The van der Waals surface area contributed by atoms with Crippen LogP contribution in [-0.2, 0) is 11.2 Å². The van der Waals surface area contributed by atoms with Crippen LogP contribution in [0.15, 0.2) is 12.1 Å². The zero-order valence-electron chi connectivity index (χ0n) is 10.6. The van der Waals surface area contributed by atoms with Crippen LogP contribution in [0, 0.1) is 0 Å². The first-order valence-corrected chi connectivity index (χ1v) is 7.21. The Kier molecular flexibility index (Phi) is 6.66. The van der Waals surface area contributed by atoms with E-state index in [4.69, 9.17) is 16.7 Å². The summed E-state index contributed by atoms with van der Waals surface area (Å²) in [6.45, 7) is 2.33. The van der Waals surface area contributed by atoms with Crippen LogP contribution in [0.4, 0.5) is 4.79 Å². The molecule has 1 unspecified atom stereocenters. The van der Waals surface area contributed by atoms with Crippen molar-refractivity contribution in [1.82, 2.24) is 10.6 Å². The van der Waals surface area contributed by atoms with Crippen molar-refractivity contribution in [3.8, 4) is 0 Å². The fourth-order valence-corrected chi connectivity index (χ4v) is 2.62. The van der Waals surface area contributed by atoms with Gasteiger partial charge in [0.15, 0.2) is 0 Å². The second kappa shape index (κ2) is 8.01. The lowest BCUT2D eigenvalue weighted by Crippen LogP contribution is -2.43. The van der Waals surface area contributed by atoms with Gasteiger partial charge < -0.3 is 15.7 Å². The second-order valence-electron chi connectivity index (χ2n) is 4.06. The summed E-state index contributed by atoms with van der Waals surface area (Å²) < 4.78 is 0.729. The van der Waals surface area contributed by atoms with E-state index in [1.54, 1.807) is 0 Å². The molecular formula is C12H17ClN2O3S. The van der Waals surface area contributed by atoms with Crippen LogP contribution < -0.4 is 10.6 Å². The average Bonchev–Trinajstić information content (AvgIpc) is 2.73. The number of carboxylic acid groups (broad SMARTS) is 1. The SMILES string of the molecule is CCC(CC(=O)O)NC(=O)NCCc1ccc(Cl)s1. The normalized spacial score (nSPS) is 11.9. The van der Waals surface area contributed by atoms with Crippen LogP contribution in [0.1, 0.15) is 24.6 Å². The van der Waals surface area contributed by atoms with E-state index in [2.05, 4.69) is 10.6 Å². The molecule has 1 aromatic heterocycles. The Morgan fingerprint density at radius 3 is 2.74 bits per heavy atom. The van der Waals surface area contributed by atoms with Crippen molar-refractivity contribution in [3.05, 3.63) is 21.3 Å². The van der Waals surface area contributed by atoms with E-state index >= 15 is 0 Å². The van der Waals surface area contributed by atoms with Crippen molar-refractivity contribution < 1.29 is 14.7 Å². The number of carbonyl (C=O) groups excluding carboxylic acids is 1. The van der Waals surface area contributed by atoms with Gasteiger partial charge in [0.25, 0.3) is 0 Å². The maximum atomic E-state index is 11.6. The lowest BCUT2D eigenvalue weighted by molar-refractivity contribution is -0.137. The van der Waals surface area contributed by atoms with Crippen molar-refractivity contribution in [3.63, 3.8) is 0 Å². The highest BCUT2D eigenvalue weighted by Gasteiger charge is 2.13. The van der Waals surface area contributed by atoms with Gasteiger partial charge >= 0.3 is 12.0 Å². The smallest absolute Gasteiger partial charge is 0.315 e. The molecule has 1 heterocycles. The third-order valence-corrected chi connectivity index (χ3v) is 3.83. The number of carbonyl (C=O) groups is 2. The summed E-state index contributed by atoms with van der Waals surface area (Å²) in [6.07, 6.45) is 1.23. The van der Waals surface area contributed by atoms with Crippen molar-refractivity contribution >= 4 is 34.9 Å². The minimum absolute atomic E-state index is 0.0650. The highest BCUT2D eigenvalue weighted by Crippen LogP contribution is 2.21. The summed E-state index contributed by atoms with van der Waals surface area (Å²) >= 11 is 7.28. The van der Waals surface area contributed by atoms with Gasteiger partial charge in [-0.25, -0.2) is 4.79 Å². The van der Waals surface area contributed by atoms with Crippen LogP contribution >= 0.6 is 22.9 Å².